The SMILES string of the molecule is CC(C)(C)[Si](OC[C@]1(N=[N+]=[N-])CC[C@@H]2O[C@@H]21)(c1ccccc1)c1ccccc1. The molecule has 146 valence electrons. The first-order valence-corrected chi connectivity index (χ1v) is 11.8. The Hall–Kier alpha value is -2.11. The molecule has 0 radical (unpaired) electrons. The van der Waals surface area contributed by atoms with Crippen LogP contribution in [0.1, 0.15) is 33.6 Å². The summed E-state index contributed by atoms with van der Waals surface area (Å²) < 4.78 is 12.8. The largest absolute Gasteiger partial charge is 0.407 e. The molecule has 3 atom stereocenters. The van der Waals surface area contributed by atoms with E-state index in [1.165, 1.54) is 10.4 Å². The Kier molecular flexibility index (Phi) is 4.84. The molecule has 1 saturated heterocycles. The lowest BCUT2D eigenvalue weighted by Crippen LogP contribution is -2.67. The summed E-state index contributed by atoms with van der Waals surface area (Å²) in [5.74, 6) is 0. The first-order chi connectivity index (χ1) is 13.4. The maximum absolute atomic E-state index is 9.21. The summed E-state index contributed by atoms with van der Waals surface area (Å²) in [4.78, 5) is 3.16. The van der Waals surface area contributed by atoms with Crippen LogP contribution in [0.4, 0.5) is 0 Å². The van der Waals surface area contributed by atoms with Gasteiger partial charge in [-0.15, -0.1) is 0 Å². The Labute approximate surface area is 167 Å². The highest BCUT2D eigenvalue weighted by molar-refractivity contribution is 6.99. The fourth-order valence-electron chi connectivity index (χ4n) is 4.74. The van der Waals surface area contributed by atoms with E-state index in [2.05, 4.69) is 79.3 Å². The van der Waals surface area contributed by atoms with Gasteiger partial charge in [0.2, 0.25) is 0 Å². The summed E-state index contributed by atoms with van der Waals surface area (Å²) in [7, 11) is -2.64. The van der Waals surface area contributed by atoms with E-state index in [0.29, 0.717) is 6.61 Å². The van der Waals surface area contributed by atoms with Gasteiger partial charge in [-0.2, -0.15) is 0 Å². The normalized spacial score (nSPS) is 26.4. The average molecular weight is 394 g/mol. The van der Waals surface area contributed by atoms with Gasteiger partial charge in [-0.1, -0.05) is 86.5 Å². The molecule has 2 aliphatic rings. The molecule has 6 heteroatoms. The van der Waals surface area contributed by atoms with E-state index >= 15 is 0 Å². The third kappa shape index (κ3) is 3.07. The summed E-state index contributed by atoms with van der Waals surface area (Å²) >= 11 is 0. The second kappa shape index (κ2) is 7.05. The predicted molar refractivity (Wildman–Crippen MR) is 113 cm³/mol. The molecule has 0 aromatic heterocycles. The zero-order valence-corrected chi connectivity index (χ0v) is 17.7. The van der Waals surface area contributed by atoms with Gasteiger partial charge in [-0.05, 0) is 33.8 Å². The fraction of sp³-hybridized carbons (Fsp3) is 0.455. The second-order valence-corrected chi connectivity index (χ2v) is 13.2. The van der Waals surface area contributed by atoms with Gasteiger partial charge in [-0.25, -0.2) is 0 Å². The fourth-order valence-corrected chi connectivity index (χ4v) is 9.37. The highest BCUT2D eigenvalue weighted by atomic mass is 28.4. The van der Waals surface area contributed by atoms with Gasteiger partial charge in [0.25, 0.3) is 8.32 Å². The van der Waals surface area contributed by atoms with Crippen molar-refractivity contribution >= 4 is 18.7 Å². The van der Waals surface area contributed by atoms with E-state index in [9.17, 15) is 5.53 Å². The number of azide groups is 1. The van der Waals surface area contributed by atoms with Crippen LogP contribution in [0.25, 0.3) is 10.4 Å². The molecule has 1 saturated carbocycles. The minimum absolute atomic E-state index is 0.00150. The topological polar surface area (TPSA) is 70.5 Å². The van der Waals surface area contributed by atoms with Crippen molar-refractivity contribution in [1.29, 1.82) is 0 Å². The smallest absolute Gasteiger partial charge is 0.261 e. The van der Waals surface area contributed by atoms with E-state index in [-0.39, 0.29) is 17.2 Å². The van der Waals surface area contributed by atoms with Crippen LogP contribution >= 0.6 is 0 Å². The lowest BCUT2D eigenvalue weighted by atomic mass is 10.00. The van der Waals surface area contributed by atoms with Crippen molar-refractivity contribution in [2.75, 3.05) is 6.61 Å². The van der Waals surface area contributed by atoms with Gasteiger partial charge in [0.05, 0.1) is 17.7 Å². The molecule has 0 bridgehead atoms. The first kappa shape index (κ1) is 19.2. The second-order valence-electron chi connectivity index (χ2n) is 8.88. The highest BCUT2D eigenvalue weighted by Gasteiger charge is 2.61. The maximum atomic E-state index is 9.21. The number of fused-ring (bicyclic) bond motifs is 1. The molecule has 28 heavy (non-hydrogen) atoms. The molecular weight excluding hydrogens is 366 g/mol. The summed E-state index contributed by atoms with van der Waals surface area (Å²) in [6.07, 6.45) is 1.99. The lowest BCUT2D eigenvalue weighted by molar-refractivity contribution is 0.151. The lowest BCUT2D eigenvalue weighted by Gasteiger charge is -2.44. The van der Waals surface area contributed by atoms with Crippen LogP contribution in [0.3, 0.4) is 0 Å². The van der Waals surface area contributed by atoms with Crippen molar-refractivity contribution in [2.45, 2.75) is 56.4 Å². The molecule has 0 amide bonds. The summed E-state index contributed by atoms with van der Waals surface area (Å²) in [5.41, 5.74) is 8.62. The first-order valence-electron chi connectivity index (χ1n) is 9.90. The third-order valence-corrected chi connectivity index (χ3v) is 11.2. The van der Waals surface area contributed by atoms with Gasteiger partial charge in [0.1, 0.15) is 0 Å². The van der Waals surface area contributed by atoms with Gasteiger partial charge in [0.15, 0.2) is 0 Å². The minimum Gasteiger partial charge on any atom is -0.407 e. The Morgan fingerprint density at radius 3 is 2.07 bits per heavy atom. The van der Waals surface area contributed by atoms with Crippen LogP contribution in [0.5, 0.6) is 0 Å². The molecule has 0 N–H and O–H groups in total. The molecule has 2 aromatic rings. The number of epoxide rings is 1. The zero-order chi connectivity index (χ0) is 19.8. The predicted octanol–water partition coefficient (Wildman–Crippen LogP) is 4.17. The van der Waals surface area contributed by atoms with Crippen molar-refractivity contribution in [3.05, 3.63) is 71.1 Å². The number of benzene rings is 2. The zero-order valence-electron chi connectivity index (χ0n) is 16.7. The number of hydrogen-bond donors (Lipinski definition) is 0. The highest BCUT2D eigenvalue weighted by Crippen LogP contribution is 2.49. The van der Waals surface area contributed by atoms with E-state index in [0.717, 1.165) is 12.8 Å². The van der Waals surface area contributed by atoms with Gasteiger partial charge in [0, 0.05) is 11.5 Å². The van der Waals surface area contributed by atoms with Crippen LogP contribution in [-0.4, -0.2) is 32.7 Å². The van der Waals surface area contributed by atoms with Gasteiger partial charge >= 0.3 is 0 Å². The van der Waals surface area contributed by atoms with Gasteiger partial charge in [-0.3, -0.25) is 0 Å². The van der Waals surface area contributed by atoms with Crippen molar-refractivity contribution in [3.63, 3.8) is 0 Å². The maximum Gasteiger partial charge on any atom is 0.261 e. The third-order valence-electron chi connectivity index (χ3n) is 6.17. The van der Waals surface area contributed by atoms with E-state index < -0.39 is 13.9 Å². The van der Waals surface area contributed by atoms with Crippen LogP contribution in [0, 0.1) is 0 Å². The van der Waals surface area contributed by atoms with E-state index in [4.69, 9.17) is 9.16 Å². The average Bonchev–Trinajstić information content (AvgIpc) is 3.41. The molecule has 0 spiro atoms. The van der Waals surface area contributed by atoms with Crippen LogP contribution in [-0.2, 0) is 9.16 Å². The molecular formula is C22H27N3O2Si. The Bertz CT molecular complexity index is 838. The Morgan fingerprint density at radius 1 is 1.11 bits per heavy atom. The summed E-state index contributed by atoms with van der Waals surface area (Å²) in [6.45, 7) is 7.16. The number of rotatable bonds is 6. The number of nitrogens with zero attached hydrogens (tertiary/aromatic N) is 3. The molecule has 1 heterocycles. The minimum atomic E-state index is -2.64. The summed E-state index contributed by atoms with van der Waals surface area (Å²) in [5, 5.41) is 6.57. The number of hydrogen-bond acceptors (Lipinski definition) is 3. The van der Waals surface area contributed by atoms with Crippen LogP contribution in [0.2, 0.25) is 5.04 Å². The summed E-state index contributed by atoms with van der Waals surface area (Å²) in [6, 6.07) is 21.1. The van der Waals surface area contributed by atoms with Crippen LogP contribution in [0.15, 0.2) is 65.8 Å². The van der Waals surface area contributed by atoms with E-state index in [1.54, 1.807) is 0 Å². The van der Waals surface area contributed by atoms with Crippen molar-refractivity contribution in [2.24, 2.45) is 5.11 Å². The molecule has 1 aliphatic heterocycles. The van der Waals surface area contributed by atoms with E-state index in [1.807, 2.05) is 12.1 Å². The molecule has 5 nitrogen and oxygen atoms in total. The van der Waals surface area contributed by atoms with Crippen molar-refractivity contribution < 1.29 is 9.16 Å². The Balaban J connectivity index is 1.80. The van der Waals surface area contributed by atoms with Crippen molar-refractivity contribution in [3.8, 4) is 0 Å². The standard InChI is InChI=1S/C22H27N3O2Si/c1-21(2,3)28(17-10-6-4-7-11-17,18-12-8-5-9-13-18)26-16-22(24-25-23)15-14-19-20(22)27-19/h4-13,19-20H,14-16H2,1-3H3/t19-,20-,22+/m0/s1. The molecule has 2 aromatic carbocycles. The molecule has 0 unspecified atom stereocenters. The van der Waals surface area contributed by atoms with Gasteiger partial charge < -0.3 is 9.16 Å². The molecule has 1 aliphatic carbocycles. The Morgan fingerprint density at radius 2 is 1.68 bits per heavy atom. The monoisotopic (exact) mass is 393 g/mol. The quantitative estimate of drug-likeness (QED) is 0.243. The van der Waals surface area contributed by atoms with Crippen molar-refractivity contribution in [1.82, 2.24) is 0 Å². The molecule has 4 rings (SSSR count). The molecule has 2 fully saturated rings. The number of ether oxygens (including phenoxy) is 1. The van der Waals surface area contributed by atoms with Crippen LogP contribution < -0.4 is 10.4 Å².